The van der Waals surface area contributed by atoms with Gasteiger partial charge in [-0.15, -0.1) is 0 Å². The number of carbonyl (C=O) groups excluding carboxylic acids is 3. The van der Waals surface area contributed by atoms with Gasteiger partial charge < -0.3 is 26.2 Å². The molecule has 3 unspecified atom stereocenters. The summed E-state index contributed by atoms with van der Waals surface area (Å²) < 4.78 is 58.2. The Kier molecular flexibility index (Phi) is 2.37. The van der Waals surface area contributed by atoms with E-state index in [4.69, 9.17) is 15.3 Å². The van der Waals surface area contributed by atoms with Crippen LogP contribution in [0.25, 0.3) is 0 Å². The highest BCUT2D eigenvalue weighted by Gasteiger charge is 2.55. The van der Waals surface area contributed by atoms with Gasteiger partial charge in [-0.05, 0) is 30.9 Å². The number of carbonyl (C=O) groups is 3. The fourth-order valence-corrected chi connectivity index (χ4v) is 3.90. The lowest BCUT2D eigenvalue weighted by atomic mass is 9.58. The van der Waals surface area contributed by atoms with Crippen LogP contribution in [0.3, 0.4) is 0 Å². The number of fused-ring (bicyclic) bond motifs is 3. The third kappa shape index (κ3) is 2.18. The molecule has 146 valence electrons. The van der Waals surface area contributed by atoms with E-state index in [1.165, 1.54) is 0 Å². The van der Waals surface area contributed by atoms with Crippen LogP contribution < -0.4 is 5.73 Å². The van der Waals surface area contributed by atoms with Gasteiger partial charge in [-0.2, -0.15) is 0 Å². The first-order valence-electron chi connectivity index (χ1n) is 11.6. The average molecular weight is 392 g/mol. The Bertz CT molecular complexity index is 1340. The molecule has 0 bridgehead atoms. The van der Waals surface area contributed by atoms with Crippen LogP contribution in [0.4, 0.5) is 0 Å². The summed E-state index contributed by atoms with van der Waals surface area (Å²) in [4.78, 5) is 37.7. The Hall–Kier alpha value is -3.13. The normalized spacial score (nSPS) is 46.5. The molecule has 0 fully saturated rings. The van der Waals surface area contributed by atoms with Crippen molar-refractivity contribution in [2.75, 3.05) is 0 Å². The van der Waals surface area contributed by atoms with Gasteiger partial charge in [0.25, 0.3) is 5.91 Å². The monoisotopic (exact) mass is 392 g/mol. The van der Waals surface area contributed by atoms with E-state index in [0.29, 0.717) is 0 Å². The van der Waals surface area contributed by atoms with E-state index < -0.39 is 111 Å². The van der Waals surface area contributed by atoms with Gasteiger partial charge in [0.05, 0.1) is 21.2 Å². The van der Waals surface area contributed by atoms with Crippen molar-refractivity contribution in [2.45, 2.75) is 25.3 Å². The minimum atomic E-state index is -3.12. The summed E-state index contributed by atoms with van der Waals surface area (Å²) in [5.74, 6) is -16.7. The molecule has 8 nitrogen and oxygen atoms in total. The number of amides is 1. The zero-order valence-corrected chi connectivity index (χ0v) is 14.4. The first-order valence-corrected chi connectivity index (χ1v) is 8.13. The average Bonchev–Trinajstić information content (AvgIpc) is 2.74. The molecule has 0 saturated carbocycles. The van der Waals surface area contributed by atoms with Crippen molar-refractivity contribution < 1.29 is 44.4 Å². The standard InChI is InChI=1S/C20H19NO7/c1-20(28)8-3-2-4-10(22)13(8)18(26)14-9(20)5-7-6-11(23)15(19(21)27)17(25)12(7)16(14)24/h2-4,7,9,12,23-24,26,28H,5-6H2,1H3,(H2,21,27)/t7?,9?,12?,20-/m1/s1/i2D,3D,4D,6D2,9D,12D. The van der Waals surface area contributed by atoms with Crippen LogP contribution in [0.5, 0.6) is 0 Å². The van der Waals surface area contributed by atoms with Crippen molar-refractivity contribution in [3.8, 4) is 0 Å². The topological polar surface area (TPSA) is 158 Å². The lowest BCUT2D eigenvalue weighted by Gasteiger charge is -2.48. The van der Waals surface area contributed by atoms with Crippen molar-refractivity contribution in [1.29, 1.82) is 0 Å². The van der Waals surface area contributed by atoms with Gasteiger partial charge in [0.1, 0.15) is 22.9 Å². The fourth-order valence-electron chi connectivity index (χ4n) is 3.90. The number of primary amides is 1. The third-order valence-corrected chi connectivity index (χ3v) is 5.20. The number of nitrogens with two attached hydrogens (primary N) is 1. The Morgan fingerprint density at radius 2 is 2.07 bits per heavy atom. The molecule has 0 heterocycles. The number of hydrogen-bond acceptors (Lipinski definition) is 7. The predicted molar refractivity (Wildman–Crippen MR) is 95.7 cm³/mol. The van der Waals surface area contributed by atoms with E-state index in [1.807, 2.05) is 0 Å². The van der Waals surface area contributed by atoms with E-state index in [1.54, 1.807) is 0 Å². The van der Waals surface area contributed by atoms with Crippen LogP contribution in [0.2, 0.25) is 0 Å². The minimum absolute atomic E-state index is 0.731. The van der Waals surface area contributed by atoms with Gasteiger partial charge in [0.2, 0.25) is 0 Å². The smallest absolute Gasteiger partial charge is 0.255 e. The minimum Gasteiger partial charge on any atom is -0.511 e. The molecule has 4 atom stereocenters. The summed E-state index contributed by atoms with van der Waals surface area (Å²) in [5, 5.41) is 43.9. The maximum absolute atomic E-state index is 13.1. The summed E-state index contributed by atoms with van der Waals surface area (Å²) in [5.41, 5.74) is -1.57. The fraction of sp³-hybridized carbons (Fsp3) is 0.350. The second-order valence-electron chi connectivity index (χ2n) is 6.81. The molecule has 4 rings (SSSR count). The number of aliphatic hydroxyl groups is 4. The highest BCUT2D eigenvalue weighted by molar-refractivity contribution is 6.21. The van der Waals surface area contributed by atoms with Gasteiger partial charge in [0.15, 0.2) is 11.6 Å². The molecule has 0 spiro atoms. The molecule has 28 heavy (non-hydrogen) atoms. The number of aliphatic hydroxyl groups excluding tert-OH is 3. The Morgan fingerprint density at radius 1 is 1.39 bits per heavy atom. The highest BCUT2D eigenvalue weighted by atomic mass is 16.3. The molecule has 8 heteroatoms. The first kappa shape index (κ1) is 11.7. The first-order chi connectivity index (χ1) is 15.8. The summed E-state index contributed by atoms with van der Waals surface area (Å²) >= 11 is 0. The second kappa shape index (κ2) is 5.68. The number of Topliss-reactive ketones (excluding diaryl/α,β-unsaturated/α-hetero) is 1. The van der Waals surface area contributed by atoms with Crippen LogP contribution in [-0.2, 0) is 14.4 Å². The SMILES string of the molecule is [2H]C1=C([2H])C([2H])=C2C(=C(O)C3=C(O)C4([2H])C(=O)C(C(N)=O)=C(O)C([2H])([2H])C4CC3([2H])[C@]2(C)O)C1=O. The van der Waals surface area contributed by atoms with Gasteiger partial charge >= 0.3 is 0 Å². The molecule has 0 aromatic heterocycles. The maximum atomic E-state index is 13.1. The van der Waals surface area contributed by atoms with E-state index in [0.717, 1.165) is 6.92 Å². The predicted octanol–water partition coefficient (Wildman–Crippen LogP) is 0.963. The van der Waals surface area contributed by atoms with Crippen molar-refractivity contribution >= 4 is 17.5 Å². The largest absolute Gasteiger partial charge is 0.511 e. The van der Waals surface area contributed by atoms with Crippen LogP contribution in [-0.4, -0.2) is 43.5 Å². The lowest BCUT2D eigenvalue weighted by Crippen LogP contribution is -2.50. The van der Waals surface area contributed by atoms with Crippen molar-refractivity contribution in [3.63, 3.8) is 0 Å². The second-order valence-corrected chi connectivity index (χ2v) is 6.81. The van der Waals surface area contributed by atoms with E-state index in [9.17, 15) is 34.8 Å². The number of hydrogen-bond donors (Lipinski definition) is 5. The summed E-state index contributed by atoms with van der Waals surface area (Å²) in [6.07, 6.45) is -4.15. The van der Waals surface area contributed by atoms with Gasteiger partial charge in [-0.3, -0.25) is 14.4 Å². The molecule has 6 N–H and O–H groups in total. The zero-order chi connectivity index (χ0) is 26.8. The van der Waals surface area contributed by atoms with Crippen LogP contribution in [0, 0.1) is 17.7 Å². The van der Waals surface area contributed by atoms with Crippen molar-refractivity contribution in [2.24, 2.45) is 23.4 Å². The van der Waals surface area contributed by atoms with E-state index >= 15 is 0 Å². The lowest BCUT2D eigenvalue weighted by molar-refractivity contribution is -0.126. The molecule has 0 aromatic rings. The summed E-state index contributed by atoms with van der Waals surface area (Å²) in [6.45, 7) is 0.904. The van der Waals surface area contributed by atoms with Crippen LogP contribution in [0.15, 0.2) is 57.7 Å². The molecule has 0 radical (unpaired) electrons. The van der Waals surface area contributed by atoms with Gasteiger partial charge in [0, 0.05) is 23.3 Å². The maximum Gasteiger partial charge on any atom is 0.255 e. The van der Waals surface area contributed by atoms with Gasteiger partial charge in [-0.25, -0.2) is 0 Å². The molecule has 0 aromatic carbocycles. The van der Waals surface area contributed by atoms with Crippen molar-refractivity contribution in [3.05, 3.63) is 57.7 Å². The number of rotatable bonds is 1. The van der Waals surface area contributed by atoms with Crippen molar-refractivity contribution in [1.82, 2.24) is 0 Å². The Morgan fingerprint density at radius 3 is 2.71 bits per heavy atom. The number of ketones is 2. The van der Waals surface area contributed by atoms with Gasteiger partial charge in [-0.1, -0.05) is 12.1 Å². The van der Waals surface area contributed by atoms with E-state index in [-0.39, 0.29) is 0 Å². The molecule has 4 aliphatic rings. The Labute approximate surface area is 169 Å². The van der Waals surface area contributed by atoms with E-state index in [2.05, 4.69) is 0 Å². The summed E-state index contributed by atoms with van der Waals surface area (Å²) in [7, 11) is 0. The summed E-state index contributed by atoms with van der Waals surface area (Å²) in [6, 6.07) is -2.82. The molecule has 0 aliphatic heterocycles. The number of allylic oxidation sites excluding steroid dienone is 6. The van der Waals surface area contributed by atoms with Crippen LogP contribution >= 0.6 is 0 Å². The Balaban J connectivity index is 2.17. The molecular weight excluding hydrogens is 366 g/mol. The molecular formula is C20H19NO7. The highest BCUT2D eigenvalue weighted by Crippen LogP contribution is 2.55. The third-order valence-electron chi connectivity index (χ3n) is 5.20. The van der Waals surface area contributed by atoms with Crippen LogP contribution in [0.1, 0.15) is 29.3 Å². The zero-order valence-electron chi connectivity index (χ0n) is 21.4. The molecule has 4 aliphatic carbocycles. The molecule has 1 amide bonds. The molecule has 0 saturated heterocycles. The quantitative estimate of drug-likeness (QED) is 0.416.